The van der Waals surface area contributed by atoms with Gasteiger partial charge in [0.15, 0.2) is 29.2 Å². The number of carboxylic acid groups (broad SMARTS) is 1. The number of carboxylic acids is 1. The molecule has 0 radical (unpaired) electrons. The molecule has 0 spiro atoms. The van der Waals surface area contributed by atoms with Gasteiger partial charge in [0.05, 0.1) is 39.6 Å². The number of hydrogen-bond acceptors (Lipinski definition) is 16. The van der Waals surface area contributed by atoms with Crippen LogP contribution in [0.5, 0.6) is 0 Å². The van der Waals surface area contributed by atoms with E-state index in [0.717, 1.165) is 6.26 Å². The Labute approximate surface area is 375 Å². The third-order valence-corrected chi connectivity index (χ3v) is 11.1. The van der Waals surface area contributed by atoms with Gasteiger partial charge in [-0.3, -0.25) is 13.9 Å². The fraction of sp³-hybridized carbons (Fsp3) is 0.811. The second kappa shape index (κ2) is 23.7. The van der Waals surface area contributed by atoms with Crippen LogP contribution in [0.25, 0.3) is 11.2 Å². The lowest BCUT2D eigenvalue weighted by atomic mass is 9.98. The average Bonchev–Trinajstić information content (AvgIpc) is 3.53. The van der Waals surface area contributed by atoms with Crippen molar-refractivity contribution >= 4 is 59.1 Å². The zero-order valence-corrected chi connectivity index (χ0v) is 42.8. The summed E-state index contributed by atoms with van der Waals surface area (Å²) in [4.78, 5) is 26.6. The number of rotatable bonds is 4. The van der Waals surface area contributed by atoms with Crippen molar-refractivity contribution in [3.05, 3.63) is 12.7 Å². The van der Waals surface area contributed by atoms with Crippen molar-refractivity contribution in [1.29, 1.82) is 0 Å². The Hall–Kier alpha value is -3.34. The van der Waals surface area contributed by atoms with Crippen molar-refractivity contribution in [3.8, 4) is 0 Å². The number of aliphatic imine (C=N–C) groups is 1. The molecule has 0 aliphatic carbocycles. The van der Waals surface area contributed by atoms with Gasteiger partial charge in [-0.1, -0.05) is 0 Å². The molecule has 1 fully saturated rings. The van der Waals surface area contributed by atoms with E-state index in [1.807, 2.05) is 41.5 Å². The summed E-state index contributed by atoms with van der Waals surface area (Å²) in [5.41, 5.74) is 9.95. The third kappa shape index (κ3) is 28.2. The number of primary sulfonamides is 1. The molecule has 372 valence electrons. The predicted octanol–water partition coefficient (Wildman–Crippen LogP) is 1.90. The molecule has 13 N–H and O–H groups in total. The summed E-state index contributed by atoms with van der Waals surface area (Å²) in [5, 5.41) is 45.5. The van der Waals surface area contributed by atoms with Crippen LogP contribution >= 0.6 is 0 Å². The Morgan fingerprint density at radius 2 is 1.21 bits per heavy atom. The molecular formula is C37H78N10O13S3. The van der Waals surface area contributed by atoms with E-state index in [1.165, 1.54) is 38.0 Å². The van der Waals surface area contributed by atoms with Gasteiger partial charge in [-0.25, -0.2) is 46.6 Å². The molecule has 23 nitrogen and oxygen atoms in total. The molecule has 3 heterocycles. The number of aromatic nitrogens is 4. The maximum absolute atomic E-state index is 10.5. The van der Waals surface area contributed by atoms with Gasteiger partial charge < -0.3 is 41.9 Å². The van der Waals surface area contributed by atoms with Crippen LogP contribution in [0.1, 0.15) is 131 Å². The van der Waals surface area contributed by atoms with Gasteiger partial charge in [0, 0.05) is 11.1 Å². The van der Waals surface area contributed by atoms with Crippen molar-refractivity contribution in [2.75, 3.05) is 18.2 Å². The number of carbonyl (C=O) groups is 1. The number of aliphatic carboxylic acids is 1. The number of nitrogens with zero attached hydrogens (tertiary/aromatic N) is 5. The Kier molecular flexibility index (Phi) is 24.1. The molecule has 0 bridgehead atoms. The van der Waals surface area contributed by atoms with Crippen molar-refractivity contribution in [2.24, 2.45) is 27.0 Å². The number of fused-ring (bicyclic) bond motifs is 1. The van der Waals surface area contributed by atoms with Gasteiger partial charge in [-0.05, 0) is 125 Å². The van der Waals surface area contributed by atoms with Gasteiger partial charge in [-0.15, -0.1) is 0 Å². The zero-order valence-electron chi connectivity index (χ0n) is 40.4. The van der Waals surface area contributed by atoms with Gasteiger partial charge in [0.2, 0.25) is 20.0 Å². The van der Waals surface area contributed by atoms with Crippen LogP contribution in [0.3, 0.4) is 0 Å². The molecule has 1 aliphatic heterocycles. The first-order valence-corrected chi connectivity index (χ1v) is 24.2. The lowest BCUT2D eigenvalue weighted by molar-refractivity contribution is -0.145. The molecule has 1 saturated heterocycles. The lowest BCUT2D eigenvalue weighted by Crippen LogP contribution is -2.39. The van der Waals surface area contributed by atoms with Crippen molar-refractivity contribution < 1.29 is 59.8 Å². The summed E-state index contributed by atoms with van der Waals surface area (Å²) >= 11 is 0. The minimum atomic E-state index is -3.84. The molecule has 1 unspecified atom stereocenters. The van der Waals surface area contributed by atoms with E-state index in [2.05, 4.69) is 30.0 Å². The Bertz CT molecular complexity index is 2040. The second-order valence-corrected chi connectivity index (χ2v) is 26.5. The summed E-state index contributed by atoms with van der Waals surface area (Å²) < 4.78 is 78.3. The van der Waals surface area contributed by atoms with Crippen molar-refractivity contribution in [1.82, 2.24) is 24.2 Å². The summed E-state index contributed by atoms with van der Waals surface area (Å²) in [6, 6.07) is 0. The quantitative estimate of drug-likeness (QED) is 0.119. The molecule has 3 rings (SSSR count). The summed E-state index contributed by atoms with van der Waals surface area (Å²) in [5.74, 6) is -0.0296. The second-order valence-electron chi connectivity index (χ2n) is 20.3. The van der Waals surface area contributed by atoms with Gasteiger partial charge in [0.1, 0.15) is 24.6 Å². The van der Waals surface area contributed by atoms with E-state index < -0.39 is 75.6 Å². The van der Waals surface area contributed by atoms with Crippen LogP contribution in [0.15, 0.2) is 17.6 Å². The van der Waals surface area contributed by atoms with E-state index in [1.54, 1.807) is 62.3 Å². The maximum atomic E-state index is 10.5. The van der Waals surface area contributed by atoms with Crippen LogP contribution in [0.4, 0.5) is 5.82 Å². The minimum absolute atomic E-state index is 0.140. The number of nitrogens with one attached hydrogen (secondary N) is 2. The number of aliphatic hydroxyl groups excluding tert-OH is 3. The van der Waals surface area contributed by atoms with Gasteiger partial charge in [-0.2, -0.15) is 8.42 Å². The van der Waals surface area contributed by atoms with Crippen LogP contribution in [0, 0.1) is 5.41 Å². The molecule has 2 aromatic rings. The highest BCUT2D eigenvalue weighted by Gasteiger charge is 2.44. The molecule has 63 heavy (non-hydrogen) atoms. The normalized spacial score (nSPS) is 18.5. The van der Waals surface area contributed by atoms with E-state index in [0.29, 0.717) is 17.0 Å². The highest BCUT2D eigenvalue weighted by atomic mass is 32.2. The number of aliphatic hydroxyl groups is 3. The SMILES string of the molecule is CC(C)(C)C(=O)O.CC(C)(C)N=C(N)N.CC(C)(C)NS(C)(=O)=O.CC(C)(C)Nc1ncnc2c1ncn2[C@@H]1O[C@H](CO)[C@H](O)C1O.CC(C)(C)S(=O)(=O)O.CC(C)(C)S(N)(=O)=O. The highest BCUT2D eigenvalue weighted by molar-refractivity contribution is 7.90. The molecule has 0 aromatic carbocycles. The number of sulfonamides is 2. The Morgan fingerprint density at radius 3 is 1.43 bits per heavy atom. The predicted molar refractivity (Wildman–Crippen MR) is 246 cm³/mol. The largest absolute Gasteiger partial charge is 0.481 e. The van der Waals surface area contributed by atoms with Crippen molar-refractivity contribution in [3.63, 3.8) is 0 Å². The highest BCUT2D eigenvalue weighted by Crippen LogP contribution is 2.32. The molecule has 1 aliphatic rings. The summed E-state index contributed by atoms with van der Waals surface area (Å²) in [7, 11) is -10.2. The average molecular weight is 967 g/mol. The number of imidazole rings is 1. The van der Waals surface area contributed by atoms with Gasteiger partial charge in [0.25, 0.3) is 10.1 Å². The van der Waals surface area contributed by atoms with Crippen LogP contribution in [-0.4, -0.2) is 139 Å². The Morgan fingerprint density at radius 1 is 0.794 bits per heavy atom. The minimum Gasteiger partial charge on any atom is -0.481 e. The first kappa shape index (κ1) is 63.9. The number of anilines is 1. The maximum Gasteiger partial charge on any atom is 0.308 e. The van der Waals surface area contributed by atoms with E-state index in [4.69, 9.17) is 31.0 Å². The fourth-order valence-corrected chi connectivity index (χ4v) is 4.65. The number of ether oxygens (including phenoxy) is 1. The fourth-order valence-electron chi connectivity index (χ4n) is 3.54. The number of hydrogen-bond donors (Lipinski definition) is 10. The standard InChI is InChI=1S/C14H21N5O4.C5H13N3.C5H13NO2S.C5H10O2.C4H11NO2S.C4H10O3S/c1-14(2,3)18-11-8-12(16-5-15-11)19(6-17-8)13-10(22)9(21)7(4-20)23-13;1-5(2,3)8-4(6)7;1-5(2,3)6-9(4,7)8;1-5(2,3)4(6)7;2*1-4(2,3)8(5,6)7/h5-7,9-10,13,20-22H,4H2,1-3H3,(H,15,16,18);1-3H3,(H4,6,7,8);6H,1-4H3;1-3H3,(H,6,7);1-3H3,(H2,5,6,7);1-3H3,(H,5,6,7)/t7-,9+,10?,13-;;;;;/m1...../s1. The Balaban J connectivity index is -0.000000757. The molecule has 2 aromatic heterocycles. The van der Waals surface area contributed by atoms with Crippen LogP contribution < -0.4 is 26.6 Å². The topological polar surface area (TPSA) is 388 Å². The first-order chi connectivity index (χ1) is 27.4. The molecule has 4 atom stereocenters. The van der Waals surface area contributed by atoms with Crippen molar-refractivity contribution in [2.45, 2.75) is 175 Å². The lowest BCUT2D eigenvalue weighted by Gasteiger charge is -2.21. The molecule has 26 heteroatoms. The van der Waals surface area contributed by atoms with E-state index >= 15 is 0 Å². The molecule has 0 saturated carbocycles. The summed E-state index contributed by atoms with van der Waals surface area (Å²) in [6.07, 6.45) is -0.0391. The van der Waals surface area contributed by atoms with Crippen LogP contribution in [-0.2, 0) is 39.7 Å². The van der Waals surface area contributed by atoms with Gasteiger partial charge >= 0.3 is 5.97 Å². The summed E-state index contributed by atoms with van der Waals surface area (Å²) in [6.45, 7) is 30.8. The van der Waals surface area contributed by atoms with E-state index in [-0.39, 0.29) is 29.2 Å². The number of guanidine groups is 1. The monoisotopic (exact) mass is 966 g/mol. The van der Waals surface area contributed by atoms with E-state index in [9.17, 15) is 45.4 Å². The van der Waals surface area contributed by atoms with Crippen LogP contribution in [0.2, 0.25) is 0 Å². The molecule has 0 amide bonds. The number of nitrogens with two attached hydrogens (primary N) is 3. The first-order valence-electron chi connectivity index (χ1n) is 19.3. The smallest absolute Gasteiger partial charge is 0.308 e. The third-order valence-electron chi connectivity index (χ3n) is 6.87. The zero-order chi connectivity index (χ0) is 51.3. The molecular weight excluding hydrogens is 889 g/mol.